The van der Waals surface area contributed by atoms with Gasteiger partial charge >= 0.3 is 0 Å². The Kier molecular flexibility index (Phi) is 4.24. The second-order valence-corrected chi connectivity index (χ2v) is 6.14. The van der Waals surface area contributed by atoms with E-state index in [1.54, 1.807) is 24.4 Å². The molecule has 0 atom stereocenters. The van der Waals surface area contributed by atoms with Crippen LogP contribution in [0, 0.1) is 5.82 Å². The number of aromatic nitrogens is 4. The van der Waals surface area contributed by atoms with E-state index in [4.69, 9.17) is 0 Å². The van der Waals surface area contributed by atoms with Gasteiger partial charge in [0.2, 0.25) is 0 Å². The fourth-order valence-electron chi connectivity index (χ4n) is 2.41. The molecule has 4 rings (SSSR count). The maximum Gasteiger partial charge on any atom is 0.276 e. The molecular formula is C18H12FN5OS. The molecule has 1 amide bonds. The third-order valence-corrected chi connectivity index (χ3v) is 4.37. The number of rotatable bonds is 4. The molecule has 0 fully saturated rings. The number of carbonyl (C=O) groups excluding carboxylic acids is 1. The molecule has 3 heterocycles. The highest BCUT2D eigenvalue weighted by atomic mass is 32.1. The largest absolute Gasteiger partial charge is 0.296 e. The van der Waals surface area contributed by atoms with Crippen LogP contribution in [0.3, 0.4) is 0 Å². The van der Waals surface area contributed by atoms with E-state index in [9.17, 15) is 9.18 Å². The van der Waals surface area contributed by atoms with Crippen molar-refractivity contribution in [1.29, 1.82) is 0 Å². The van der Waals surface area contributed by atoms with Gasteiger partial charge < -0.3 is 0 Å². The Morgan fingerprint density at radius 2 is 1.88 bits per heavy atom. The van der Waals surface area contributed by atoms with Crippen molar-refractivity contribution >= 4 is 22.4 Å². The van der Waals surface area contributed by atoms with Crippen molar-refractivity contribution in [1.82, 2.24) is 19.7 Å². The number of hydrogen-bond donors (Lipinski definition) is 1. The Labute approximate surface area is 152 Å². The van der Waals surface area contributed by atoms with Gasteiger partial charge in [-0.15, -0.1) is 11.3 Å². The highest BCUT2D eigenvalue weighted by Gasteiger charge is 2.17. The van der Waals surface area contributed by atoms with Gasteiger partial charge in [-0.2, -0.15) is 5.10 Å². The zero-order valence-electron chi connectivity index (χ0n) is 13.3. The summed E-state index contributed by atoms with van der Waals surface area (Å²) in [5.74, 6) is -0.885. The number of carbonyl (C=O) groups is 1. The number of nitrogens with one attached hydrogen (secondary N) is 1. The summed E-state index contributed by atoms with van der Waals surface area (Å²) in [6.07, 6.45) is 3.13. The van der Waals surface area contributed by atoms with Crippen molar-refractivity contribution in [2.45, 2.75) is 0 Å². The molecule has 0 unspecified atom stereocenters. The molecule has 0 radical (unpaired) electrons. The van der Waals surface area contributed by atoms with E-state index in [-0.39, 0.29) is 11.4 Å². The number of halogens is 1. The predicted molar refractivity (Wildman–Crippen MR) is 96.8 cm³/mol. The minimum Gasteiger partial charge on any atom is -0.296 e. The fourth-order valence-corrected chi connectivity index (χ4v) is 3.11. The van der Waals surface area contributed by atoms with Crippen molar-refractivity contribution in [3.63, 3.8) is 0 Å². The monoisotopic (exact) mass is 365 g/mol. The van der Waals surface area contributed by atoms with Gasteiger partial charge in [0, 0.05) is 11.6 Å². The lowest BCUT2D eigenvalue weighted by molar-refractivity contribution is 0.101. The zero-order valence-corrected chi connectivity index (χ0v) is 14.2. The number of pyridine rings is 1. The summed E-state index contributed by atoms with van der Waals surface area (Å²) in [6.45, 7) is 0. The third-order valence-electron chi connectivity index (χ3n) is 3.61. The third kappa shape index (κ3) is 3.09. The number of thiazole rings is 1. The zero-order chi connectivity index (χ0) is 17.9. The summed E-state index contributed by atoms with van der Waals surface area (Å²) in [5, 5.41) is 9.01. The summed E-state index contributed by atoms with van der Waals surface area (Å²) >= 11 is 1.29. The highest BCUT2D eigenvalue weighted by Crippen LogP contribution is 2.24. The van der Waals surface area contributed by atoms with Gasteiger partial charge in [0.15, 0.2) is 5.13 Å². The van der Waals surface area contributed by atoms with Crippen molar-refractivity contribution in [2.24, 2.45) is 0 Å². The summed E-state index contributed by atoms with van der Waals surface area (Å²) in [5.41, 5.74) is 1.81. The van der Waals surface area contributed by atoms with Gasteiger partial charge in [-0.05, 0) is 30.3 Å². The molecule has 0 bridgehead atoms. The van der Waals surface area contributed by atoms with Crippen LogP contribution in [0.25, 0.3) is 17.1 Å². The van der Waals surface area contributed by atoms with Crippen LogP contribution in [0.2, 0.25) is 0 Å². The lowest BCUT2D eigenvalue weighted by Crippen LogP contribution is -2.17. The summed E-state index contributed by atoms with van der Waals surface area (Å²) < 4.78 is 15.3. The Morgan fingerprint density at radius 3 is 2.69 bits per heavy atom. The molecule has 0 aliphatic carbocycles. The number of nitrogens with zero attached hydrogens (tertiary/aromatic N) is 4. The van der Waals surface area contributed by atoms with Crippen molar-refractivity contribution in [3.8, 4) is 17.1 Å². The second-order valence-electron chi connectivity index (χ2n) is 5.29. The van der Waals surface area contributed by atoms with Crippen LogP contribution in [0.15, 0.2) is 66.3 Å². The van der Waals surface area contributed by atoms with Crippen LogP contribution in [0.4, 0.5) is 9.52 Å². The van der Waals surface area contributed by atoms with E-state index in [0.29, 0.717) is 10.8 Å². The lowest BCUT2D eigenvalue weighted by Gasteiger charge is -2.07. The number of para-hydroxylation sites is 1. The lowest BCUT2D eigenvalue weighted by atomic mass is 10.3. The van der Waals surface area contributed by atoms with Crippen LogP contribution >= 0.6 is 11.3 Å². The molecule has 0 saturated carbocycles. The van der Waals surface area contributed by atoms with Crippen LogP contribution in [0.1, 0.15) is 10.5 Å². The molecule has 0 aliphatic rings. The van der Waals surface area contributed by atoms with E-state index in [1.807, 2.05) is 23.6 Å². The Bertz CT molecular complexity index is 1060. The Morgan fingerprint density at radius 1 is 1.04 bits per heavy atom. The average molecular weight is 365 g/mol. The van der Waals surface area contributed by atoms with Gasteiger partial charge in [0.25, 0.3) is 5.91 Å². The second kappa shape index (κ2) is 6.85. The molecule has 8 heteroatoms. The average Bonchev–Trinajstić information content (AvgIpc) is 3.32. The SMILES string of the molecule is O=C(Nc1nc(-c2ccccn2)cs1)c1ccnn1-c1ccccc1F. The molecule has 1 N–H and O–H groups in total. The fraction of sp³-hybridized carbons (Fsp3) is 0. The molecule has 128 valence electrons. The van der Waals surface area contributed by atoms with Crippen molar-refractivity contribution < 1.29 is 9.18 Å². The van der Waals surface area contributed by atoms with E-state index in [0.717, 1.165) is 5.69 Å². The quantitative estimate of drug-likeness (QED) is 0.597. The predicted octanol–water partition coefficient (Wildman–Crippen LogP) is 3.78. The van der Waals surface area contributed by atoms with E-state index in [2.05, 4.69) is 20.4 Å². The summed E-state index contributed by atoms with van der Waals surface area (Å²) in [6, 6.07) is 13.2. The van der Waals surface area contributed by atoms with Crippen LogP contribution in [0.5, 0.6) is 0 Å². The first-order valence-corrected chi connectivity index (χ1v) is 8.57. The first-order valence-electron chi connectivity index (χ1n) is 7.69. The molecule has 6 nitrogen and oxygen atoms in total. The molecule has 0 spiro atoms. The van der Waals surface area contributed by atoms with Crippen LogP contribution in [-0.4, -0.2) is 25.7 Å². The number of hydrogen-bond acceptors (Lipinski definition) is 5. The minimum absolute atomic E-state index is 0.205. The summed E-state index contributed by atoms with van der Waals surface area (Å²) in [4.78, 5) is 21.2. The van der Waals surface area contributed by atoms with Gasteiger partial charge in [0.05, 0.1) is 11.9 Å². The van der Waals surface area contributed by atoms with Crippen molar-refractivity contribution in [2.75, 3.05) is 5.32 Å². The number of amides is 1. The molecule has 26 heavy (non-hydrogen) atoms. The van der Waals surface area contributed by atoms with Gasteiger partial charge in [-0.1, -0.05) is 18.2 Å². The van der Waals surface area contributed by atoms with E-state index >= 15 is 0 Å². The molecule has 4 aromatic rings. The molecule has 1 aromatic carbocycles. The summed E-state index contributed by atoms with van der Waals surface area (Å²) in [7, 11) is 0. The van der Waals surface area contributed by atoms with Crippen LogP contribution in [-0.2, 0) is 0 Å². The Hall–Kier alpha value is -3.39. The van der Waals surface area contributed by atoms with Crippen molar-refractivity contribution in [3.05, 3.63) is 77.8 Å². The maximum atomic E-state index is 14.0. The Balaban J connectivity index is 1.58. The highest BCUT2D eigenvalue weighted by molar-refractivity contribution is 7.14. The number of anilines is 1. The first-order chi connectivity index (χ1) is 12.7. The smallest absolute Gasteiger partial charge is 0.276 e. The standard InChI is InChI=1S/C18H12FN5OS/c19-12-5-1-2-7-15(12)24-16(8-10-21-24)17(25)23-18-22-14(11-26-18)13-6-3-4-9-20-13/h1-11H,(H,22,23,25). The normalized spacial score (nSPS) is 10.7. The van der Waals surface area contributed by atoms with E-state index in [1.165, 1.54) is 34.3 Å². The first kappa shape index (κ1) is 16.1. The minimum atomic E-state index is -0.461. The van der Waals surface area contributed by atoms with E-state index < -0.39 is 11.7 Å². The molecule has 0 aliphatic heterocycles. The van der Waals surface area contributed by atoms with Gasteiger partial charge in [-0.25, -0.2) is 14.1 Å². The molecule has 3 aromatic heterocycles. The van der Waals surface area contributed by atoms with Gasteiger partial charge in [-0.3, -0.25) is 15.1 Å². The molecular weight excluding hydrogens is 353 g/mol. The topological polar surface area (TPSA) is 72.7 Å². The maximum absolute atomic E-state index is 14.0. The van der Waals surface area contributed by atoms with Gasteiger partial charge in [0.1, 0.15) is 22.9 Å². The number of benzene rings is 1. The molecule has 0 saturated heterocycles. The van der Waals surface area contributed by atoms with Crippen LogP contribution < -0.4 is 5.32 Å².